The molecule has 2 aromatic rings. The fourth-order valence-corrected chi connectivity index (χ4v) is 3.56. The van der Waals surface area contributed by atoms with Gasteiger partial charge in [0, 0.05) is 16.9 Å². The summed E-state index contributed by atoms with van der Waals surface area (Å²) < 4.78 is 0. The number of amides is 1. The summed E-state index contributed by atoms with van der Waals surface area (Å²) in [6.45, 7) is 2.68. The third-order valence-corrected chi connectivity index (χ3v) is 4.76. The Balaban J connectivity index is 1.72. The number of nitrogens with one attached hydrogen (secondary N) is 1. The van der Waals surface area contributed by atoms with Crippen molar-refractivity contribution in [2.75, 3.05) is 19.6 Å². The van der Waals surface area contributed by atoms with Crippen molar-refractivity contribution in [1.82, 2.24) is 15.2 Å². The van der Waals surface area contributed by atoms with E-state index in [1.165, 1.54) is 24.2 Å². The molecule has 0 bridgehead atoms. The van der Waals surface area contributed by atoms with Crippen LogP contribution in [0.4, 0.5) is 0 Å². The number of hydrogen-bond acceptors (Lipinski definition) is 4. The van der Waals surface area contributed by atoms with Crippen LogP contribution in [0.3, 0.4) is 0 Å². The Morgan fingerprint density at radius 1 is 1.41 bits per heavy atom. The average Bonchev–Trinajstić information content (AvgIpc) is 3.21. The standard InChI is InChI=1S/C16H18ClN3OS/c17-13-5-3-4-12(8-13)15(20-6-1-2-7-20)9-18-16(21)14-10-22-11-19-14/h3-5,8,10-11,15H,1-2,6-7,9H2,(H,18,21). The van der Waals surface area contributed by atoms with Gasteiger partial charge in [-0.05, 0) is 43.6 Å². The summed E-state index contributed by atoms with van der Waals surface area (Å²) in [6, 6.07) is 8.05. The first-order chi connectivity index (χ1) is 10.7. The monoisotopic (exact) mass is 335 g/mol. The third-order valence-electron chi connectivity index (χ3n) is 3.94. The quantitative estimate of drug-likeness (QED) is 0.911. The zero-order chi connectivity index (χ0) is 15.4. The molecule has 1 aromatic carbocycles. The van der Waals surface area contributed by atoms with Gasteiger partial charge in [0.1, 0.15) is 5.69 Å². The van der Waals surface area contributed by atoms with E-state index in [4.69, 9.17) is 11.6 Å². The molecule has 2 heterocycles. The van der Waals surface area contributed by atoms with Crippen molar-refractivity contribution in [2.24, 2.45) is 0 Å². The second-order valence-electron chi connectivity index (χ2n) is 5.40. The lowest BCUT2D eigenvalue weighted by molar-refractivity contribution is 0.0933. The lowest BCUT2D eigenvalue weighted by Crippen LogP contribution is -2.36. The van der Waals surface area contributed by atoms with Gasteiger partial charge in [-0.25, -0.2) is 4.98 Å². The first-order valence-electron chi connectivity index (χ1n) is 7.40. The lowest BCUT2D eigenvalue weighted by atomic mass is 10.1. The summed E-state index contributed by atoms with van der Waals surface area (Å²) in [6.07, 6.45) is 2.41. The zero-order valence-electron chi connectivity index (χ0n) is 12.2. The van der Waals surface area contributed by atoms with Crippen LogP contribution in [0.1, 0.15) is 34.9 Å². The smallest absolute Gasteiger partial charge is 0.270 e. The SMILES string of the molecule is O=C(NCC(c1cccc(Cl)c1)N1CCCC1)c1cscn1. The maximum atomic E-state index is 12.1. The summed E-state index contributed by atoms with van der Waals surface area (Å²) in [7, 11) is 0. The predicted molar refractivity (Wildman–Crippen MR) is 89.4 cm³/mol. The molecule has 1 aromatic heterocycles. The number of hydrogen-bond donors (Lipinski definition) is 1. The van der Waals surface area contributed by atoms with Gasteiger partial charge in [0.25, 0.3) is 5.91 Å². The van der Waals surface area contributed by atoms with E-state index >= 15 is 0 Å². The average molecular weight is 336 g/mol. The Bertz CT molecular complexity index is 626. The molecule has 1 fully saturated rings. The first-order valence-corrected chi connectivity index (χ1v) is 8.72. The molecule has 1 aliphatic heterocycles. The molecule has 0 aliphatic carbocycles. The highest BCUT2D eigenvalue weighted by Crippen LogP contribution is 2.26. The number of nitrogens with zero attached hydrogens (tertiary/aromatic N) is 2. The van der Waals surface area contributed by atoms with Gasteiger partial charge in [0.2, 0.25) is 0 Å². The zero-order valence-corrected chi connectivity index (χ0v) is 13.7. The van der Waals surface area contributed by atoms with Crippen molar-refractivity contribution in [2.45, 2.75) is 18.9 Å². The largest absolute Gasteiger partial charge is 0.349 e. The molecule has 0 spiro atoms. The Labute approximate surface area is 139 Å². The molecular formula is C16H18ClN3OS. The third kappa shape index (κ3) is 3.66. The van der Waals surface area contributed by atoms with E-state index in [1.54, 1.807) is 10.9 Å². The number of benzene rings is 1. The van der Waals surface area contributed by atoms with Crippen molar-refractivity contribution in [3.05, 3.63) is 51.4 Å². The van der Waals surface area contributed by atoms with Crippen LogP contribution in [0.15, 0.2) is 35.2 Å². The summed E-state index contributed by atoms with van der Waals surface area (Å²) in [4.78, 5) is 18.6. The minimum absolute atomic E-state index is 0.118. The maximum absolute atomic E-state index is 12.1. The van der Waals surface area contributed by atoms with Crippen molar-refractivity contribution in [3.63, 3.8) is 0 Å². The Kier molecular flexibility index (Phi) is 5.08. The van der Waals surface area contributed by atoms with Gasteiger partial charge in [-0.1, -0.05) is 23.7 Å². The second kappa shape index (κ2) is 7.22. The van der Waals surface area contributed by atoms with E-state index < -0.39 is 0 Å². The predicted octanol–water partition coefficient (Wildman–Crippen LogP) is 3.36. The van der Waals surface area contributed by atoms with E-state index in [-0.39, 0.29) is 11.9 Å². The van der Waals surface area contributed by atoms with Gasteiger partial charge in [-0.2, -0.15) is 0 Å². The molecule has 1 N–H and O–H groups in total. The fraction of sp³-hybridized carbons (Fsp3) is 0.375. The molecule has 22 heavy (non-hydrogen) atoms. The van der Waals surface area contributed by atoms with Gasteiger partial charge in [-0.3, -0.25) is 9.69 Å². The highest BCUT2D eigenvalue weighted by Gasteiger charge is 2.24. The van der Waals surface area contributed by atoms with E-state index in [0.717, 1.165) is 23.7 Å². The van der Waals surface area contributed by atoms with Crippen molar-refractivity contribution in [1.29, 1.82) is 0 Å². The summed E-state index contributed by atoms with van der Waals surface area (Å²) in [5.41, 5.74) is 3.30. The van der Waals surface area contributed by atoms with E-state index in [1.807, 2.05) is 18.2 Å². The molecule has 1 aliphatic rings. The summed E-state index contributed by atoms with van der Waals surface area (Å²) >= 11 is 7.55. The second-order valence-corrected chi connectivity index (χ2v) is 6.55. The fourth-order valence-electron chi connectivity index (χ4n) is 2.83. The van der Waals surface area contributed by atoms with Crippen LogP contribution < -0.4 is 5.32 Å². The van der Waals surface area contributed by atoms with Gasteiger partial charge in [-0.15, -0.1) is 11.3 Å². The molecule has 1 amide bonds. The molecule has 116 valence electrons. The molecule has 1 unspecified atom stereocenters. The van der Waals surface area contributed by atoms with Crippen molar-refractivity contribution < 1.29 is 4.79 Å². The highest BCUT2D eigenvalue weighted by atomic mass is 35.5. The molecule has 4 nitrogen and oxygen atoms in total. The molecule has 6 heteroatoms. The number of thiazole rings is 1. The molecule has 3 rings (SSSR count). The Hall–Kier alpha value is -1.43. The molecule has 1 atom stereocenters. The van der Waals surface area contributed by atoms with Gasteiger partial charge < -0.3 is 5.32 Å². The lowest BCUT2D eigenvalue weighted by Gasteiger charge is -2.28. The highest BCUT2D eigenvalue weighted by molar-refractivity contribution is 7.07. The topological polar surface area (TPSA) is 45.2 Å². The summed E-state index contributed by atoms with van der Waals surface area (Å²) in [5, 5.41) is 5.49. The van der Waals surface area contributed by atoms with Crippen LogP contribution in [0.25, 0.3) is 0 Å². The van der Waals surface area contributed by atoms with Crippen LogP contribution in [-0.2, 0) is 0 Å². The van der Waals surface area contributed by atoms with Gasteiger partial charge in [0.15, 0.2) is 0 Å². The molecule has 0 radical (unpaired) electrons. The van der Waals surface area contributed by atoms with Gasteiger partial charge in [0.05, 0.1) is 11.6 Å². The molecular weight excluding hydrogens is 318 g/mol. The number of carbonyl (C=O) groups excluding carboxylic acids is 1. The number of halogens is 1. The number of aromatic nitrogens is 1. The van der Waals surface area contributed by atoms with E-state index in [2.05, 4.69) is 21.3 Å². The van der Waals surface area contributed by atoms with E-state index in [0.29, 0.717) is 12.2 Å². The first kappa shape index (κ1) is 15.5. The number of likely N-dealkylation sites (tertiary alicyclic amines) is 1. The van der Waals surface area contributed by atoms with Gasteiger partial charge >= 0.3 is 0 Å². The van der Waals surface area contributed by atoms with Crippen molar-refractivity contribution in [3.8, 4) is 0 Å². The minimum atomic E-state index is -0.118. The van der Waals surface area contributed by atoms with Crippen molar-refractivity contribution >= 4 is 28.8 Å². The van der Waals surface area contributed by atoms with Crippen LogP contribution in [0.2, 0.25) is 5.02 Å². The van der Waals surface area contributed by atoms with Crippen LogP contribution in [0.5, 0.6) is 0 Å². The number of carbonyl (C=O) groups is 1. The Morgan fingerprint density at radius 2 is 2.23 bits per heavy atom. The summed E-state index contributed by atoms with van der Waals surface area (Å²) in [5.74, 6) is -0.118. The molecule has 0 saturated carbocycles. The normalized spacial score (nSPS) is 16.6. The van der Waals surface area contributed by atoms with Crippen LogP contribution >= 0.6 is 22.9 Å². The van der Waals surface area contributed by atoms with E-state index in [9.17, 15) is 4.79 Å². The van der Waals surface area contributed by atoms with Crippen LogP contribution in [0, 0.1) is 0 Å². The maximum Gasteiger partial charge on any atom is 0.270 e. The van der Waals surface area contributed by atoms with Crippen LogP contribution in [-0.4, -0.2) is 35.4 Å². The Morgan fingerprint density at radius 3 is 2.91 bits per heavy atom. The number of rotatable bonds is 5. The molecule has 1 saturated heterocycles. The minimum Gasteiger partial charge on any atom is -0.349 e.